The maximum atomic E-state index is 11.5. The quantitative estimate of drug-likeness (QED) is 0.691. The smallest absolute Gasteiger partial charge is 0.261 e. The van der Waals surface area contributed by atoms with Crippen molar-refractivity contribution in [3.05, 3.63) is 17.0 Å². The molecule has 2 amide bonds. The van der Waals surface area contributed by atoms with Crippen molar-refractivity contribution in [1.82, 2.24) is 10.6 Å². The summed E-state index contributed by atoms with van der Waals surface area (Å²) in [6.07, 6.45) is 0. The van der Waals surface area contributed by atoms with Crippen LogP contribution in [0.4, 0.5) is 5.00 Å². The average molecular weight is 227 g/mol. The second kappa shape index (κ2) is 5.35. The van der Waals surface area contributed by atoms with Crippen molar-refractivity contribution in [3.8, 4) is 0 Å². The maximum Gasteiger partial charge on any atom is 0.261 e. The van der Waals surface area contributed by atoms with E-state index in [2.05, 4.69) is 16.0 Å². The van der Waals surface area contributed by atoms with Crippen molar-refractivity contribution >= 4 is 28.2 Å². The minimum atomic E-state index is -0.231. The molecule has 1 aromatic heterocycles. The van der Waals surface area contributed by atoms with E-state index < -0.39 is 0 Å². The first kappa shape index (κ1) is 11.5. The molecule has 0 saturated carbocycles. The Morgan fingerprint density at radius 1 is 1.33 bits per heavy atom. The molecule has 0 unspecified atom stereocenters. The van der Waals surface area contributed by atoms with Crippen molar-refractivity contribution in [3.63, 3.8) is 0 Å². The highest BCUT2D eigenvalue weighted by Gasteiger charge is 2.09. The minimum Gasteiger partial charge on any atom is -0.380 e. The van der Waals surface area contributed by atoms with Crippen LogP contribution in [0.2, 0.25) is 0 Å². The van der Waals surface area contributed by atoms with Gasteiger partial charge in [0.05, 0.1) is 16.4 Å². The number of likely N-dealkylation sites (N-methyl/N-ethyl adjacent to an activating group) is 1. The Hall–Kier alpha value is -1.56. The molecule has 0 fully saturated rings. The van der Waals surface area contributed by atoms with Gasteiger partial charge in [0, 0.05) is 14.1 Å². The van der Waals surface area contributed by atoms with Crippen LogP contribution in [0, 0.1) is 0 Å². The van der Waals surface area contributed by atoms with Gasteiger partial charge in [0.1, 0.15) is 0 Å². The Bertz CT molecular complexity index is 362. The van der Waals surface area contributed by atoms with Gasteiger partial charge in [-0.1, -0.05) is 0 Å². The van der Waals surface area contributed by atoms with Crippen LogP contribution in [0.25, 0.3) is 0 Å². The number of nitrogens with one attached hydrogen (secondary N) is 3. The predicted octanol–water partition coefficient (Wildman–Crippen LogP) is 0.266. The standard InChI is InChI=1S/C9H13N3O2S/c1-10-7(13)5-12-9(14)6-3-4-8(11-2)15-6/h3-4,11H,5H2,1-2H3,(H,10,13)(H,12,14). The fourth-order valence-corrected chi connectivity index (χ4v) is 1.71. The zero-order chi connectivity index (χ0) is 11.3. The summed E-state index contributed by atoms with van der Waals surface area (Å²) in [5.74, 6) is -0.446. The summed E-state index contributed by atoms with van der Waals surface area (Å²) in [5.41, 5.74) is 0. The number of thiophene rings is 1. The zero-order valence-electron chi connectivity index (χ0n) is 8.59. The first-order valence-electron chi connectivity index (χ1n) is 4.43. The number of carbonyl (C=O) groups excluding carboxylic acids is 2. The fraction of sp³-hybridized carbons (Fsp3) is 0.333. The second-order valence-corrected chi connectivity index (χ2v) is 3.85. The molecule has 0 atom stereocenters. The van der Waals surface area contributed by atoms with Gasteiger partial charge in [0.15, 0.2) is 0 Å². The van der Waals surface area contributed by atoms with Crippen molar-refractivity contribution in [2.24, 2.45) is 0 Å². The van der Waals surface area contributed by atoms with Crippen LogP contribution in [0.1, 0.15) is 9.67 Å². The molecule has 0 aliphatic heterocycles. The van der Waals surface area contributed by atoms with Crippen molar-refractivity contribution in [2.75, 3.05) is 26.0 Å². The normalized spacial score (nSPS) is 9.47. The number of amides is 2. The van der Waals surface area contributed by atoms with Gasteiger partial charge in [-0.15, -0.1) is 11.3 Å². The summed E-state index contributed by atoms with van der Waals surface area (Å²) in [6.45, 7) is 0.00210. The number of anilines is 1. The summed E-state index contributed by atoms with van der Waals surface area (Å²) in [7, 11) is 3.32. The SMILES string of the molecule is CNC(=O)CNC(=O)c1ccc(NC)s1. The van der Waals surface area contributed by atoms with Crippen LogP contribution in [-0.2, 0) is 4.79 Å². The van der Waals surface area contributed by atoms with Gasteiger partial charge in [0.2, 0.25) is 5.91 Å². The van der Waals surface area contributed by atoms with Crippen LogP contribution in [-0.4, -0.2) is 32.5 Å². The molecule has 6 heteroatoms. The van der Waals surface area contributed by atoms with E-state index >= 15 is 0 Å². The molecule has 1 heterocycles. The molecule has 1 rings (SSSR count). The molecular formula is C9H13N3O2S. The van der Waals surface area contributed by atoms with Crippen LogP contribution in [0.5, 0.6) is 0 Å². The molecule has 0 aromatic carbocycles. The third-order valence-electron chi connectivity index (χ3n) is 1.76. The van der Waals surface area contributed by atoms with Crippen LogP contribution >= 0.6 is 11.3 Å². The lowest BCUT2D eigenvalue weighted by atomic mass is 10.4. The minimum absolute atomic E-state index is 0.00210. The Balaban J connectivity index is 2.50. The lowest BCUT2D eigenvalue weighted by Crippen LogP contribution is -2.34. The molecule has 5 nitrogen and oxygen atoms in total. The van der Waals surface area contributed by atoms with Crippen molar-refractivity contribution < 1.29 is 9.59 Å². The highest BCUT2D eigenvalue weighted by atomic mass is 32.1. The fourth-order valence-electron chi connectivity index (χ4n) is 0.930. The van der Waals surface area contributed by atoms with Gasteiger partial charge < -0.3 is 16.0 Å². The van der Waals surface area contributed by atoms with Gasteiger partial charge in [0.25, 0.3) is 5.91 Å². The highest BCUT2D eigenvalue weighted by Crippen LogP contribution is 2.20. The molecule has 82 valence electrons. The van der Waals surface area contributed by atoms with Gasteiger partial charge in [-0.2, -0.15) is 0 Å². The van der Waals surface area contributed by atoms with Crippen molar-refractivity contribution in [2.45, 2.75) is 0 Å². The molecule has 0 spiro atoms. The number of hydrogen-bond acceptors (Lipinski definition) is 4. The molecule has 0 bridgehead atoms. The summed E-state index contributed by atoms with van der Waals surface area (Å²) >= 11 is 1.35. The second-order valence-electron chi connectivity index (χ2n) is 2.77. The third-order valence-corrected chi connectivity index (χ3v) is 2.87. The van der Waals surface area contributed by atoms with Gasteiger partial charge in [-0.3, -0.25) is 9.59 Å². The van der Waals surface area contributed by atoms with Crippen molar-refractivity contribution in [1.29, 1.82) is 0 Å². The van der Waals surface area contributed by atoms with Gasteiger partial charge in [-0.05, 0) is 12.1 Å². The molecule has 3 N–H and O–H groups in total. The first-order valence-corrected chi connectivity index (χ1v) is 5.25. The molecule has 1 aromatic rings. The predicted molar refractivity (Wildman–Crippen MR) is 60.3 cm³/mol. The van der Waals surface area contributed by atoms with E-state index in [-0.39, 0.29) is 18.4 Å². The van der Waals surface area contributed by atoms with E-state index in [0.717, 1.165) is 5.00 Å². The van der Waals surface area contributed by atoms with E-state index in [4.69, 9.17) is 0 Å². The Morgan fingerprint density at radius 2 is 2.07 bits per heavy atom. The molecule has 0 radical (unpaired) electrons. The number of rotatable bonds is 4. The maximum absolute atomic E-state index is 11.5. The first-order chi connectivity index (χ1) is 7.17. The summed E-state index contributed by atoms with van der Waals surface area (Å²) in [6, 6.07) is 3.54. The Morgan fingerprint density at radius 3 is 2.60 bits per heavy atom. The van der Waals surface area contributed by atoms with E-state index in [0.29, 0.717) is 4.88 Å². The highest BCUT2D eigenvalue weighted by molar-refractivity contribution is 7.17. The summed E-state index contributed by atoms with van der Waals surface area (Å²) in [4.78, 5) is 22.9. The number of carbonyl (C=O) groups is 2. The van der Waals surface area contributed by atoms with Crippen LogP contribution in [0.15, 0.2) is 12.1 Å². The lowest BCUT2D eigenvalue weighted by molar-refractivity contribution is -0.119. The molecular weight excluding hydrogens is 214 g/mol. The van der Waals surface area contributed by atoms with E-state index in [1.165, 1.54) is 18.4 Å². The Kier molecular flexibility index (Phi) is 4.11. The van der Waals surface area contributed by atoms with E-state index in [1.807, 2.05) is 6.07 Å². The average Bonchev–Trinajstić information content (AvgIpc) is 2.73. The largest absolute Gasteiger partial charge is 0.380 e. The molecule has 15 heavy (non-hydrogen) atoms. The monoisotopic (exact) mass is 227 g/mol. The summed E-state index contributed by atoms with van der Waals surface area (Å²) in [5, 5.41) is 8.80. The zero-order valence-corrected chi connectivity index (χ0v) is 9.40. The van der Waals surface area contributed by atoms with Gasteiger partial charge in [-0.25, -0.2) is 0 Å². The van der Waals surface area contributed by atoms with Crippen LogP contribution < -0.4 is 16.0 Å². The van der Waals surface area contributed by atoms with Crippen LogP contribution in [0.3, 0.4) is 0 Å². The van der Waals surface area contributed by atoms with E-state index in [9.17, 15) is 9.59 Å². The topological polar surface area (TPSA) is 70.2 Å². The Labute approximate surface area is 91.9 Å². The van der Waals surface area contributed by atoms with Gasteiger partial charge >= 0.3 is 0 Å². The van der Waals surface area contributed by atoms with E-state index in [1.54, 1.807) is 13.1 Å². The number of hydrogen-bond donors (Lipinski definition) is 3. The molecule has 0 aliphatic rings. The molecule has 0 saturated heterocycles. The molecule has 0 aliphatic carbocycles. The third kappa shape index (κ3) is 3.25. The lowest BCUT2D eigenvalue weighted by Gasteiger charge is -2.01. The summed E-state index contributed by atoms with van der Waals surface area (Å²) < 4.78 is 0.